The molecule has 0 bridgehead atoms. The molecular formula is C37H56O14. The molecule has 2 saturated heterocycles. The van der Waals surface area contributed by atoms with Crippen LogP contribution in [0.5, 0.6) is 0 Å². The normalized spacial score (nSPS) is 52.6. The molecule has 7 rings (SSSR count). The largest absolute Gasteiger partial charge is 0.459 e. The quantitative estimate of drug-likeness (QED) is 0.159. The van der Waals surface area contributed by atoms with E-state index in [1.165, 1.54) is 13.0 Å². The molecule has 18 atom stereocenters. The fourth-order valence-corrected chi connectivity index (χ4v) is 11.7. The van der Waals surface area contributed by atoms with Gasteiger partial charge in [0.15, 0.2) is 12.6 Å². The number of aliphatic hydroxyl groups excluding tert-OH is 5. The lowest BCUT2D eigenvalue weighted by Crippen LogP contribution is -2.62. The fraction of sp³-hybridized carbons (Fsp3) is 0.892. The van der Waals surface area contributed by atoms with E-state index >= 15 is 0 Å². The minimum atomic E-state index is -1.62. The first-order chi connectivity index (χ1) is 24.1. The van der Waals surface area contributed by atoms with Crippen molar-refractivity contribution in [3.63, 3.8) is 0 Å². The standard InChI is InChI=1S/C37H56O14/c1-17-33(51-34-32(44)31(43)30(42)26(15-38)50-34)25(48-18(2)39)13-28(47-17)49-21-7-9-35(3)20(12-21)5-6-23-22(35)8-10-36(4)29(19-11-27(41)46-16-19)24(40)14-37(23,36)45/h11,17,20-26,28-34,38,40,42-45H,5-10,12-16H2,1-4H3. The van der Waals surface area contributed by atoms with E-state index in [-0.39, 0.29) is 48.3 Å². The van der Waals surface area contributed by atoms with E-state index in [0.717, 1.165) is 50.5 Å². The Kier molecular flexibility index (Phi) is 10.2. The van der Waals surface area contributed by atoms with Gasteiger partial charge in [-0.3, -0.25) is 4.79 Å². The molecule has 0 aromatic heterocycles. The summed E-state index contributed by atoms with van der Waals surface area (Å²) in [6.45, 7) is 7.06. The second-order valence-corrected chi connectivity index (χ2v) is 16.9. The van der Waals surface area contributed by atoms with Crippen LogP contribution in [0, 0.1) is 34.5 Å². The number of aliphatic hydroxyl groups is 6. The molecule has 0 spiro atoms. The Morgan fingerprint density at radius 1 is 0.961 bits per heavy atom. The van der Waals surface area contributed by atoms with Crippen molar-refractivity contribution in [2.45, 2.75) is 159 Å². The lowest BCUT2D eigenvalue weighted by molar-refractivity contribution is -0.344. The van der Waals surface area contributed by atoms with E-state index in [2.05, 4.69) is 13.8 Å². The predicted octanol–water partition coefficient (Wildman–Crippen LogP) is 0.851. The van der Waals surface area contributed by atoms with Crippen molar-refractivity contribution < 1.29 is 68.6 Å². The molecule has 0 radical (unpaired) electrons. The van der Waals surface area contributed by atoms with E-state index in [4.69, 9.17) is 28.4 Å². The maximum absolute atomic E-state index is 12.6. The number of carbonyl (C=O) groups excluding carboxylic acids is 2. The Morgan fingerprint density at radius 2 is 1.73 bits per heavy atom. The van der Waals surface area contributed by atoms with Crippen LogP contribution in [0.15, 0.2) is 11.6 Å². The van der Waals surface area contributed by atoms with Gasteiger partial charge in [-0.15, -0.1) is 0 Å². The van der Waals surface area contributed by atoms with E-state index in [1.54, 1.807) is 6.92 Å². The molecule has 14 nitrogen and oxygen atoms in total. The van der Waals surface area contributed by atoms with Crippen molar-refractivity contribution in [1.82, 2.24) is 0 Å². The third-order valence-electron chi connectivity index (χ3n) is 14.3. The van der Waals surface area contributed by atoms with Crippen molar-refractivity contribution in [2.24, 2.45) is 34.5 Å². The van der Waals surface area contributed by atoms with Crippen LogP contribution in [-0.2, 0) is 38.0 Å². The second-order valence-electron chi connectivity index (χ2n) is 16.9. The molecule has 288 valence electrons. The zero-order chi connectivity index (χ0) is 36.6. The van der Waals surface area contributed by atoms with Gasteiger partial charge >= 0.3 is 11.9 Å². The summed E-state index contributed by atoms with van der Waals surface area (Å²) in [6.07, 6.45) is -3.26. The molecular weight excluding hydrogens is 668 g/mol. The van der Waals surface area contributed by atoms with Gasteiger partial charge in [0.2, 0.25) is 0 Å². The third kappa shape index (κ3) is 6.28. The van der Waals surface area contributed by atoms with Crippen LogP contribution in [0.4, 0.5) is 0 Å². The predicted molar refractivity (Wildman–Crippen MR) is 175 cm³/mol. The lowest BCUT2D eigenvalue weighted by Gasteiger charge is -2.63. The first-order valence-electron chi connectivity index (χ1n) is 18.8. The molecule has 51 heavy (non-hydrogen) atoms. The summed E-state index contributed by atoms with van der Waals surface area (Å²) in [5.74, 6) is -0.525. The van der Waals surface area contributed by atoms with Gasteiger partial charge in [-0.1, -0.05) is 13.8 Å². The zero-order valence-electron chi connectivity index (χ0n) is 30.0. The Balaban J connectivity index is 1.00. The minimum Gasteiger partial charge on any atom is -0.459 e. The zero-order valence-corrected chi connectivity index (χ0v) is 30.0. The highest BCUT2D eigenvalue weighted by Crippen LogP contribution is 2.70. The summed E-state index contributed by atoms with van der Waals surface area (Å²) >= 11 is 0. The number of rotatable bonds is 7. The van der Waals surface area contributed by atoms with Crippen molar-refractivity contribution in [3.05, 3.63) is 11.6 Å². The molecule has 0 amide bonds. The van der Waals surface area contributed by atoms with E-state index < -0.39 is 85.0 Å². The van der Waals surface area contributed by atoms with Crippen molar-refractivity contribution >= 4 is 11.9 Å². The summed E-state index contributed by atoms with van der Waals surface area (Å²) < 4.78 is 35.3. The van der Waals surface area contributed by atoms with E-state index in [9.17, 15) is 40.2 Å². The average Bonchev–Trinajstić information content (AvgIpc) is 3.58. The van der Waals surface area contributed by atoms with Gasteiger partial charge in [0.1, 0.15) is 43.2 Å². The van der Waals surface area contributed by atoms with Crippen LogP contribution >= 0.6 is 0 Å². The highest BCUT2D eigenvalue weighted by atomic mass is 16.7. The molecule has 0 aromatic carbocycles. The third-order valence-corrected chi connectivity index (χ3v) is 14.3. The molecule has 18 unspecified atom stereocenters. The lowest BCUT2D eigenvalue weighted by atomic mass is 9.43. The molecule has 4 saturated carbocycles. The summed E-state index contributed by atoms with van der Waals surface area (Å²) in [7, 11) is 0. The second kappa shape index (κ2) is 13.8. The van der Waals surface area contributed by atoms with Crippen LogP contribution in [0.2, 0.25) is 0 Å². The molecule has 4 aliphatic carbocycles. The summed E-state index contributed by atoms with van der Waals surface area (Å²) in [4.78, 5) is 24.1. The van der Waals surface area contributed by atoms with Crippen molar-refractivity contribution in [3.8, 4) is 0 Å². The van der Waals surface area contributed by atoms with Crippen LogP contribution in [0.25, 0.3) is 0 Å². The summed E-state index contributed by atoms with van der Waals surface area (Å²) in [6, 6.07) is 0. The van der Waals surface area contributed by atoms with Gasteiger partial charge in [-0.2, -0.15) is 0 Å². The van der Waals surface area contributed by atoms with Crippen LogP contribution in [-0.4, -0.2) is 129 Å². The summed E-state index contributed by atoms with van der Waals surface area (Å²) in [5.41, 5.74) is -0.807. The first kappa shape index (κ1) is 37.6. The monoisotopic (exact) mass is 724 g/mol. The van der Waals surface area contributed by atoms with Crippen LogP contribution < -0.4 is 0 Å². The summed E-state index contributed by atoms with van der Waals surface area (Å²) in [5, 5.41) is 64.4. The van der Waals surface area contributed by atoms with Gasteiger partial charge < -0.3 is 59.1 Å². The van der Waals surface area contributed by atoms with Gasteiger partial charge in [-0.25, -0.2) is 4.79 Å². The number of hydrogen-bond donors (Lipinski definition) is 6. The maximum atomic E-state index is 12.6. The van der Waals surface area contributed by atoms with Gasteiger partial charge in [-0.05, 0) is 80.6 Å². The molecule has 3 aliphatic heterocycles. The van der Waals surface area contributed by atoms with Gasteiger partial charge in [0, 0.05) is 37.2 Å². The highest BCUT2D eigenvalue weighted by Gasteiger charge is 2.70. The molecule has 7 aliphatic rings. The molecule has 6 fully saturated rings. The van der Waals surface area contributed by atoms with Gasteiger partial charge in [0.25, 0.3) is 0 Å². The van der Waals surface area contributed by atoms with Crippen molar-refractivity contribution in [2.75, 3.05) is 13.2 Å². The van der Waals surface area contributed by atoms with Crippen LogP contribution in [0.1, 0.15) is 85.5 Å². The minimum absolute atomic E-state index is 0.0140. The topological polar surface area (TPSA) is 211 Å². The molecule has 3 heterocycles. The van der Waals surface area contributed by atoms with Crippen LogP contribution in [0.3, 0.4) is 0 Å². The Bertz CT molecular complexity index is 1360. The number of ether oxygens (including phenoxy) is 6. The molecule has 0 aromatic rings. The first-order valence-corrected chi connectivity index (χ1v) is 18.8. The fourth-order valence-electron chi connectivity index (χ4n) is 11.7. The van der Waals surface area contributed by atoms with E-state index in [1.807, 2.05) is 0 Å². The molecule has 14 heteroatoms. The average molecular weight is 725 g/mol. The Morgan fingerprint density at radius 3 is 2.41 bits per heavy atom. The molecule has 6 N–H and O–H groups in total. The number of cyclic esters (lactones) is 1. The Hall–Kier alpha value is -1.72. The number of fused-ring (bicyclic) bond motifs is 5. The van der Waals surface area contributed by atoms with Gasteiger partial charge in [0.05, 0.1) is 30.5 Å². The number of carbonyl (C=O) groups is 2. The van der Waals surface area contributed by atoms with Crippen molar-refractivity contribution in [1.29, 1.82) is 0 Å². The van der Waals surface area contributed by atoms with E-state index in [0.29, 0.717) is 12.3 Å². The highest BCUT2D eigenvalue weighted by molar-refractivity contribution is 5.85. The SMILES string of the molecule is CC(=O)OC1CC(OC2CCC3(C)C(CCC4C3CCC3(C)C(C5=CC(=O)OC5)C(O)CC43O)C2)OC(C)C1OC1OC(CO)C(O)C(O)C1O. The Labute approximate surface area is 298 Å². The number of esters is 2. The maximum Gasteiger partial charge on any atom is 0.331 e. The number of hydrogen-bond acceptors (Lipinski definition) is 14. The smallest absolute Gasteiger partial charge is 0.331 e.